The average Bonchev–Trinajstić information content (AvgIpc) is 2.26. The number of nitrogens with zero attached hydrogens (tertiary/aromatic N) is 1. The summed E-state index contributed by atoms with van der Waals surface area (Å²) in [5.74, 6) is 0.268. The second-order valence-electron chi connectivity index (χ2n) is 5.09. The van der Waals surface area contributed by atoms with Crippen LogP contribution in [0.4, 0.5) is 0 Å². The molecule has 1 aromatic rings. The minimum absolute atomic E-state index is 0.0802. The highest BCUT2D eigenvalue weighted by Crippen LogP contribution is 2.32. The summed E-state index contributed by atoms with van der Waals surface area (Å²) in [6.07, 6.45) is 1.02. The van der Waals surface area contributed by atoms with E-state index in [4.69, 9.17) is 0 Å². The van der Waals surface area contributed by atoms with Gasteiger partial charge in [-0.15, -0.1) is 0 Å². The van der Waals surface area contributed by atoms with E-state index in [9.17, 15) is 10.2 Å². The van der Waals surface area contributed by atoms with Crippen molar-refractivity contribution in [2.75, 3.05) is 20.6 Å². The van der Waals surface area contributed by atoms with Gasteiger partial charge in [0, 0.05) is 12.1 Å². The van der Waals surface area contributed by atoms with Crippen molar-refractivity contribution in [2.45, 2.75) is 32.4 Å². The molecule has 1 aromatic carbocycles. The number of hydrogen-bond acceptors (Lipinski definition) is 4. The molecule has 0 saturated carbocycles. The van der Waals surface area contributed by atoms with Crippen LogP contribution in [0.15, 0.2) is 18.2 Å². The van der Waals surface area contributed by atoms with E-state index < -0.39 is 0 Å². The van der Waals surface area contributed by atoms with Gasteiger partial charge in [-0.05, 0) is 53.0 Å². The first-order valence-corrected chi connectivity index (χ1v) is 6.33. The first kappa shape index (κ1) is 14.8. The van der Waals surface area contributed by atoms with Crippen molar-refractivity contribution in [3.63, 3.8) is 0 Å². The Kier molecular flexibility index (Phi) is 5.44. The minimum Gasteiger partial charge on any atom is -0.507 e. The van der Waals surface area contributed by atoms with Crippen LogP contribution in [0.1, 0.15) is 31.9 Å². The summed E-state index contributed by atoms with van der Waals surface area (Å²) in [5.41, 5.74) is 0.564. The Morgan fingerprint density at radius 2 is 1.72 bits per heavy atom. The maximum absolute atomic E-state index is 9.78. The molecule has 0 aliphatic heterocycles. The Bertz CT molecular complexity index is 360. The molecular weight excluding hydrogens is 228 g/mol. The second kappa shape index (κ2) is 6.61. The predicted molar refractivity (Wildman–Crippen MR) is 74.0 cm³/mol. The molecule has 0 saturated heterocycles. The first-order valence-electron chi connectivity index (χ1n) is 6.33. The van der Waals surface area contributed by atoms with Gasteiger partial charge < -0.3 is 20.4 Å². The summed E-state index contributed by atoms with van der Waals surface area (Å²) in [6.45, 7) is 5.06. The fourth-order valence-electron chi connectivity index (χ4n) is 2.03. The summed E-state index contributed by atoms with van der Waals surface area (Å²) in [6, 6.07) is 5.07. The number of phenols is 2. The van der Waals surface area contributed by atoms with Crippen LogP contribution in [-0.4, -0.2) is 41.8 Å². The van der Waals surface area contributed by atoms with E-state index in [1.165, 1.54) is 0 Å². The SMILES string of the molecule is CC(CCN(C)C)NC(C)c1c(O)cccc1O. The van der Waals surface area contributed by atoms with Crippen LogP contribution in [-0.2, 0) is 0 Å². The second-order valence-corrected chi connectivity index (χ2v) is 5.09. The van der Waals surface area contributed by atoms with E-state index >= 15 is 0 Å². The molecule has 2 atom stereocenters. The number of phenolic OH excluding ortho intramolecular Hbond substituents is 2. The molecular formula is C14H24N2O2. The predicted octanol–water partition coefficient (Wildman–Crippen LogP) is 2.09. The number of benzene rings is 1. The molecule has 4 heteroatoms. The van der Waals surface area contributed by atoms with Crippen LogP contribution < -0.4 is 5.32 Å². The molecule has 0 bridgehead atoms. The van der Waals surface area contributed by atoms with Crippen molar-refractivity contribution in [1.29, 1.82) is 0 Å². The van der Waals surface area contributed by atoms with Crippen molar-refractivity contribution in [3.8, 4) is 11.5 Å². The lowest BCUT2D eigenvalue weighted by molar-refractivity contribution is 0.347. The van der Waals surface area contributed by atoms with Crippen molar-refractivity contribution >= 4 is 0 Å². The molecule has 0 amide bonds. The van der Waals surface area contributed by atoms with Gasteiger partial charge in [-0.3, -0.25) is 0 Å². The number of nitrogens with one attached hydrogen (secondary N) is 1. The van der Waals surface area contributed by atoms with E-state index in [0.29, 0.717) is 11.6 Å². The monoisotopic (exact) mass is 252 g/mol. The maximum atomic E-state index is 9.78. The normalized spacial score (nSPS) is 14.7. The van der Waals surface area contributed by atoms with Gasteiger partial charge in [0.25, 0.3) is 0 Å². The summed E-state index contributed by atoms with van der Waals surface area (Å²) in [5, 5.41) is 23.0. The molecule has 2 unspecified atom stereocenters. The zero-order chi connectivity index (χ0) is 13.7. The van der Waals surface area contributed by atoms with Crippen molar-refractivity contribution < 1.29 is 10.2 Å². The van der Waals surface area contributed by atoms with Crippen LogP contribution in [0.2, 0.25) is 0 Å². The first-order chi connectivity index (χ1) is 8.41. The fraction of sp³-hybridized carbons (Fsp3) is 0.571. The van der Waals surface area contributed by atoms with Gasteiger partial charge in [-0.25, -0.2) is 0 Å². The number of rotatable bonds is 6. The van der Waals surface area contributed by atoms with Crippen LogP contribution in [0.25, 0.3) is 0 Å². The average molecular weight is 252 g/mol. The van der Waals surface area contributed by atoms with E-state index in [1.54, 1.807) is 18.2 Å². The smallest absolute Gasteiger partial charge is 0.124 e. The van der Waals surface area contributed by atoms with Crippen LogP contribution in [0, 0.1) is 0 Å². The quantitative estimate of drug-likeness (QED) is 0.725. The molecule has 0 aliphatic rings. The zero-order valence-electron chi connectivity index (χ0n) is 11.6. The minimum atomic E-state index is -0.0802. The van der Waals surface area contributed by atoms with Crippen LogP contribution in [0.5, 0.6) is 11.5 Å². The summed E-state index contributed by atoms with van der Waals surface area (Å²) in [4.78, 5) is 2.14. The largest absolute Gasteiger partial charge is 0.507 e. The zero-order valence-corrected chi connectivity index (χ0v) is 11.6. The third-order valence-electron chi connectivity index (χ3n) is 3.04. The summed E-state index contributed by atoms with van der Waals surface area (Å²) in [7, 11) is 4.09. The Balaban J connectivity index is 2.62. The van der Waals surface area contributed by atoms with Gasteiger partial charge in [-0.1, -0.05) is 6.07 Å². The van der Waals surface area contributed by atoms with Crippen molar-refractivity contribution in [1.82, 2.24) is 10.2 Å². The Morgan fingerprint density at radius 1 is 1.17 bits per heavy atom. The van der Waals surface area contributed by atoms with Gasteiger partial charge >= 0.3 is 0 Å². The van der Waals surface area contributed by atoms with Gasteiger partial charge in [-0.2, -0.15) is 0 Å². The molecule has 0 fully saturated rings. The molecule has 0 heterocycles. The lowest BCUT2D eigenvalue weighted by atomic mass is 10.0. The van der Waals surface area contributed by atoms with E-state index in [-0.39, 0.29) is 17.5 Å². The Hall–Kier alpha value is -1.26. The van der Waals surface area contributed by atoms with Gasteiger partial charge in [0.15, 0.2) is 0 Å². The molecule has 0 aliphatic carbocycles. The van der Waals surface area contributed by atoms with E-state index in [1.807, 2.05) is 21.0 Å². The summed E-state index contributed by atoms with van der Waals surface area (Å²) < 4.78 is 0. The van der Waals surface area contributed by atoms with Gasteiger partial charge in [0.1, 0.15) is 11.5 Å². The highest BCUT2D eigenvalue weighted by Gasteiger charge is 2.16. The molecule has 3 N–H and O–H groups in total. The molecule has 102 valence electrons. The molecule has 18 heavy (non-hydrogen) atoms. The molecule has 0 spiro atoms. The van der Waals surface area contributed by atoms with Crippen molar-refractivity contribution in [3.05, 3.63) is 23.8 Å². The molecule has 0 aromatic heterocycles. The fourth-order valence-corrected chi connectivity index (χ4v) is 2.03. The molecule has 4 nitrogen and oxygen atoms in total. The lowest BCUT2D eigenvalue weighted by Gasteiger charge is -2.23. The van der Waals surface area contributed by atoms with Crippen LogP contribution in [0.3, 0.4) is 0 Å². The topological polar surface area (TPSA) is 55.7 Å². The Labute approximate surface area is 109 Å². The lowest BCUT2D eigenvalue weighted by Crippen LogP contribution is -2.31. The van der Waals surface area contributed by atoms with Crippen molar-refractivity contribution in [2.24, 2.45) is 0 Å². The van der Waals surface area contributed by atoms with E-state index in [2.05, 4.69) is 17.1 Å². The third-order valence-corrected chi connectivity index (χ3v) is 3.04. The number of aromatic hydroxyl groups is 2. The molecule has 0 radical (unpaired) electrons. The van der Waals surface area contributed by atoms with Crippen LogP contribution >= 0.6 is 0 Å². The number of hydrogen-bond donors (Lipinski definition) is 3. The van der Waals surface area contributed by atoms with Gasteiger partial charge in [0.05, 0.1) is 5.56 Å². The highest BCUT2D eigenvalue weighted by atomic mass is 16.3. The van der Waals surface area contributed by atoms with Gasteiger partial charge in [0.2, 0.25) is 0 Å². The third kappa shape index (κ3) is 4.20. The highest BCUT2D eigenvalue weighted by molar-refractivity contribution is 5.44. The maximum Gasteiger partial charge on any atom is 0.124 e. The summed E-state index contributed by atoms with van der Waals surface area (Å²) >= 11 is 0. The molecule has 1 rings (SSSR count). The van der Waals surface area contributed by atoms with E-state index in [0.717, 1.165) is 13.0 Å². The Morgan fingerprint density at radius 3 is 2.22 bits per heavy atom. The standard InChI is InChI=1S/C14H24N2O2/c1-10(8-9-16(3)4)15-11(2)14-12(17)6-5-7-13(14)18/h5-7,10-11,15,17-18H,8-9H2,1-4H3.